The van der Waals surface area contributed by atoms with Gasteiger partial charge in [-0.3, -0.25) is 10.5 Å². The van der Waals surface area contributed by atoms with Gasteiger partial charge in [0, 0.05) is 26.4 Å². The summed E-state index contributed by atoms with van der Waals surface area (Å²) in [4.78, 5) is 11.6. The zero-order valence-electron chi connectivity index (χ0n) is 5.01. The van der Waals surface area contributed by atoms with E-state index in [-0.39, 0.29) is 0 Å². The van der Waals surface area contributed by atoms with E-state index in [0.717, 1.165) is 0 Å². The quantitative estimate of drug-likeness (QED) is 0.468. The van der Waals surface area contributed by atoms with E-state index in [0.29, 0.717) is 0 Å². The Labute approximate surface area is 48.8 Å². The first-order valence-corrected chi connectivity index (χ1v) is 2.23. The van der Waals surface area contributed by atoms with Crippen molar-refractivity contribution in [3.63, 3.8) is 0 Å². The summed E-state index contributed by atoms with van der Waals surface area (Å²) >= 11 is 0. The number of rotatable bonds is 2. The molecule has 0 fully saturated rings. The Bertz CT molecular complexity index is 107. The second kappa shape index (κ2) is 3.07. The Morgan fingerprint density at radius 1 is 1.62 bits per heavy atom. The van der Waals surface area contributed by atoms with Crippen LogP contribution in [0.15, 0.2) is 12.3 Å². The average molecular weight is 113 g/mol. The number of hydrogen-bond acceptors (Lipinski definition) is 2. The number of hydrogen-bond donors (Lipinski definition) is 0. The first-order chi connectivity index (χ1) is 3.63. The molecule has 0 aromatic carbocycles. The van der Waals surface area contributed by atoms with Gasteiger partial charge in [0.25, 0.3) is 5.91 Å². The summed E-state index contributed by atoms with van der Waals surface area (Å²) in [6, 6.07) is 0. The summed E-state index contributed by atoms with van der Waals surface area (Å²) in [5.74, 6) is -0.668. The van der Waals surface area contributed by atoms with E-state index in [1.165, 1.54) is 12.3 Å². The van der Waals surface area contributed by atoms with E-state index in [9.17, 15) is 4.79 Å². The molecule has 45 valence electrons. The number of carbonyl (C=O) groups is 1. The highest BCUT2D eigenvalue weighted by Crippen LogP contribution is 1.74. The van der Waals surface area contributed by atoms with Gasteiger partial charge in [-0.2, -0.15) is 0 Å². The molecule has 0 rings (SSSR count). The molecule has 8 heavy (non-hydrogen) atoms. The number of carbonyl (C=O) groups excluding carboxylic acids is 1. The van der Waals surface area contributed by atoms with E-state index >= 15 is 0 Å². The SMILES string of the molecule is CN(C)C=CC([NH])=O. The van der Waals surface area contributed by atoms with Gasteiger partial charge in [-0.15, -0.1) is 0 Å². The third-order valence-corrected chi connectivity index (χ3v) is 0.524. The zero-order valence-corrected chi connectivity index (χ0v) is 5.01. The molecule has 1 N–H and O–H groups in total. The van der Waals surface area contributed by atoms with Crippen molar-refractivity contribution in [1.29, 1.82) is 0 Å². The molecule has 0 spiro atoms. The largest absolute Gasteiger partial charge is 0.383 e. The fraction of sp³-hybridized carbons (Fsp3) is 0.400. The molecule has 0 bridgehead atoms. The molecule has 0 aliphatic carbocycles. The molecule has 0 aliphatic heterocycles. The maximum Gasteiger partial charge on any atom is 0.263 e. The van der Waals surface area contributed by atoms with Gasteiger partial charge in [-0.05, 0) is 0 Å². The van der Waals surface area contributed by atoms with Gasteiger partial charge >= 0.3 is 0 Å². The lowest BCUT2D eigenvalue weighted by atomic mass is 10.6. The summed E-state index contributed by atoms with van der Waals surface area (Å²) in [5.41, 5.74) is 6.42. The van der Waals surface area contributed by atoms with Gasteiger partial charge in [0.05, 0.1) is 0 Å². The molecule has 0 heterocycles. The van der Waals surface area contributed by atoms with E-state index in [1.807, 2.05) is 0 Å². The molecule has 0 aromatic rings. The van der Waals surface area contributed by atoms with E-state index in [1.54, 1.807) is 19.0 Å². The smallest absolute Gasteiger partial charge is 0.263 e. The highest BCUT2D eigenvalue weighted by Gasteiger charge is 1.81. The topological polar surface area (TPSA) is 44.1 Å². The molecule has 1 radical (unpaired) electrons. The number of nitrogens with one attached hydrogen (secondary N) is 1. The van der Waals surface area contributed by atoms with E-state index in [2.05, 4.69) is 0 Å². The van der Waals surface area contributed by atoms with Crippen LogP contribution in [-0.4, -0.2) is 24.9 Å². The van der Waals surface area contributed by atoms with Crippen molar-refractivity contribution in [2.24, 2.45) is 0 Å². The summed E-state index contributed by atoms with van der Waals surface area (Å²) in [6.45, 7) is 0. The van der Waals surface area contributed by atoms with Crippen molar-refractivity contribution in [2.45, 2.75) is 0 Å². The maximum absolute atomic E-state index is 9.90. The van der Waals surface area contributed by atoms with Crippen LogP contribution in [0.4, 0.5) is 0 Å². The Balaban J connectivity index is 3.50. The molecular formula is C5H9N2O. The molecule has 0 aromatic heterocycles. The van der Waals surface area contributed by atoms with Crippen LogP contribution in [0.2, 0.25) is 0 Å². The Kier molecular flexibility index (Phi) is 2.69. The molecule has 0 saturated carbocycles. The minimum absolute atomic E-state index is 0.668. The molecular weight excluding hydrogens is 104 g/mol. The molecule has 3 nitrogen and oxygen atoms in total. The van der Waals surface area contributed by atoms with Gasteiger partial charge in [-0.1, -0.05) is 0 Å². The molecule has 0 atom stereocenters. The van der Waals surface area contributed by atoms with Crippen LogP contribution in [0.1, 0.15) is 0 Å². The Morgan fingerprint density at radius 3 is 2.25 bits per heavy atom. The lowest BCUT2D eigenvalue weighted by molar-refractivity contribution is -0.114. The molecule has 1 amide bonds. The number of nitrogens with zero attached hydrogens (tertiary/aromatic N) is 1. The second-order valence-electron chi connectivity index (χ2n) is 1.64. The lowest BCUT2D eigenvalue weighted by Crippen LogP contribution is -2.02. The monoisotopic (exact) mass is 113 g/mol. The van der Waals surface area contributed by atoms with Crippen molar-refractivity contribution in [2.75, 3.05) is 14.1 Å². The van der Waals surface area contributed by atoms with Crippen molar-refractivity contribution >= 4 is 5.91 Å². The molecule has 3 heteroatoms. The standard InChI is InChI=1S/C5H9N2O/c1-7(2)4-3-5(6)8/h3-4,6H,1-2H3. The maximum atomic E-state index is 9.90. The van der Waals surface area contributed by atoms with Gasteiger partial charge in [-0.25, -0.2) is 0 Å². The third kappa shape index (κ3) is 5.01. The third-order valence-electron chi connectivity index (χ3n) is 0.524. The van der Waals surface area contributed by atoms with Crippen molar-refractivity contribution in [3.05, 3.63) is 12.3 Å². The lowest BCUT2D eigenvalue weighted by Gasteiger charge is -2.00. The van der Waals surface area contributed by atoms with Crippen molar-refractivity contribution in [1.82, 2.24) is 10.6 Å². The van der Waals surface area contributed by atoms with Crippen LogP contribution in [0.5, 0.6) is 0 Å². The minimum Gasteiger partial charge on any atom is -0.383 e. The van der Waals surface area contributed by atoms with Crippen LogP contribution < -0.4 is 5.73 Å². The highest BCUT2D eigenvalue weighted by atomic mass is 16.1. The minimum atomic E-state index is -0.668. The number of amides is 1. The first kappa shape index (κ1) is 7.01. The summed E-state index contributed by atoms with van der Waals surface area (Å²) < 4.78 is 0. The van der Waals surface area contributed by atoms with Gasteiger partial charge in [0.15, 0.2) is 0 Å². The van der Waals surface area contributed by atoms with Gasteiger partial charge in [0.2, 0.25) is 0 Å². The predicted molar refractivity (Wildman–Crippen MR) is 30.9 cm³/mol. The van der Waals surface area contributed by atoms with Crippen LogP contribution in [0.3, 0.4) is 0 Å². The van der Waals surface area contributed by atoms with Crippen LogP contribution in [0.25, 0.3) is 0 Å². The highest BCUT2D eigenvalue weighted by molar-refractivity contribution is 5.84. The zero-order chi connectivity index (χ0) is 6.57. The van der Waals surface area contributed by atoms with E-state index < -0.39 is 5.91 Å². The van der Waals surface area contributed by atoms with E-state index in [4.69, 9.17) is 5.73 Å². The van der Waals surface area contributed by atoms with Crippen LogP contribution in [-0.2, 0) is 4.79 Å². The predicted octanol–water partition coefficient (Wildman–Crippen LogP) is -0.129. The Hall–Kier alpha value is -0.990. The second-order valence-corrected chi connectivity index (χ2v) is 1.64. The van der Waals surface area contributed by atoms with Crippen LogP contribution >= 0.6 is 0 Å². The molecule has 0 unspecified atom stereocenters. The molecule has 0 aliphatic rings. The fourth-order valence-corrected chi connectivity index (χ4v) is 0.217. The van der Waals surface area contributed by atoms with Crippen molar-refractivity contribution in [3.8, 4) is 0 Å². The van der Waals surface area contributed by atoms with Crippen molar-refractivity contribution < 1.29 is 4.79 Å². The first-order valence-electron chi connectivity index (χ1n) is 2.23. The van der Waals surface area contributed by atoms with Gasteiger partial charge < -0.3 is 4.90 Å². The summed E-state index contributed by atoms with van der Waals surface area (Å²) in [6.07, 6.45) is 2.73. The van der Waals surface area contributed by atoms with Crippen LogP contribution in [0, 0.1) is 0 Å². The molecule has 0 saturated heterocycles. The summed E-state index contributed by atoms with van der Waals surface area (Å²) in [7, 11) is 3.58. The normalized spacial score (nSPS) is 9.75. The summed E-state index contributed by atoms with van der Waals surface area (Å²) in [5, 5.41) is 0. The average Bonchev–Trinajstić information content (AvgIpc) is 1.61. The Morgan fingerprint density at radius 2 is 2.12 bits per heavy atom. The fourth-order valence-electron chi connectivity index (χ4n) is 0.217. The van der Waals surface area contributed by atoms with Gasteiger partial charge in [0.1, 0.15) is 0 Å².